The van der Waals surface area contributed by atoms with Crippen LogP contribution in [0.5, 0.6) is 0 Å². The van der Waals surface area contributed by atoms with E-state index in [0.717, 1.165) is 109 Å². The van der Waals surface area contributed by atoms with Gasteiger partial charge in [-0.25, -0.2) is 9.13 Å². The smallest absolute Gasteiger partial charge is 0.462 e. The number of esters is 4. The van der Waals surface area contributed by atoms with E-state index in [4.69, 9.17) is 37.0 Å². The zero-order chi connectivity index (χ0) is 71.2. The highest BCUT2D eigenvalue weighted by Gasteiger charge is 2.30. The highest BCUT2D eigenvalue weighted by Crippen LogP contribution is 2.45. The summed E-state index contributed by atoms with van der Waals surface area (Å²) in [5.41, 5.74) is 0. The van der Waals surface area contributed by atoms with Gasteiger partial charge in [0, 0.05) is 25.7 Å². The van der Waals surface area contributed by atoms with Gasteiger partial charge in [0.25, 0.3) is 0 Å². The Balaban J connectivity index is 5.18. The van der Waals surface area contributed by atoms with Gasteiger partial charge in [-0.05, 0) is 31.6 Å². The minimum absolute atomic E-state index is 0.106. The normalized spacial score (nSPS) is 14.2. The van der Waals surface area contributed by atoms with E-state index in [9.17, 15) is 43.2 Å². The van der Waals surface area contributed by atoms with E-state index >= 15 is 0 Å². The van der Waals surface area contributed by atoms with Crippen LogP contribution in [-0.4, -0.2) is 96.7 Å². The van der Waals surface area contributed by atoms with Crippen LogP contribution in [0.3, 0.4) is 0 Å². The molecule has 19 heteroatoms. The molecule has 576 valence electrons. The van der Waals surface area contributed by atoms with Gasteiger partial charge in [-0.15, -0.1) is 0 Å². The van der Waals surface area contributed by atoms with E-state index in [-0.39, 0.29) is 25.7 Å². The van der Waals surface area contributed by atoms with Crippen LogP contribution in [0.2, 0.25) is 0 Å². The Labute approximate surface area is 594 Å². The molecular weight excluding hydrogens is 1270 g/mol. The highest BCUT2D eigenvalue weighted by atomic mass is 31.2. The third-order valence-electron chi connectivity index (χ3n) is 18.6. The zero-order valence-electron chi connectivity index (χ0n) is 63.2. The Hall–Kier alpha value is -1.94. The molecule has 3 unspecified atom stereocenters. The lowest BCUT2D eigenvalue weighted by Crippen LogP contribution is -2.30. The maximum Gasteiger partial charge on any atom is 0.472 e. The molecule has 0 amide bonds. The molecule has 3 N–H and O–H groups in total. The van der Waals surface area contributed by atoms with Crippen LogP contribution in [0.1, 0.15) is 413 Å². The minimum Gasteiger partial charge on any atom is -0.462 e. The number of aliphatic hydroxyl groups is 1. The van der Waals surface area contributed by atoms with Crippen molar-refractivity contribution in [2.24, 2.45) is 5.92 Å². The summed E-state index contributed by atoms with van der Waals surface area (Å²) in [7, 11) is -9.91. The second-order valence-electron chi connectivity index (χ2n) is 28.3. The van der Waals surface area contributed by atoms with Crippen molar-refractivity contribution in [1.29, 1.82) is 0 Å². The molecule has 0 rings (SSSR count). The van der Waals surface area contributed by atoms with Crippen LogP contribution in [0.25, 0.3) is 0 Å². The number of ether oxygens (including phenoxy) is 4. The van der Waals surface area contributed by atoms with Crippen molar-refractivity contribution in [3.63, 3.8) is 0 Å². The summed E-state index contributed by atoms with van der Waals surface area (Å²) in [5.74, 6) is -1.31. The molecule has 17 nitrogen and oxygen atoms in total. The number of hydrogen-bond donors (Lipinski definition) is 3. The first-order valence-corrected chi connectivity index (χ1v) is 43.7. The molecule has 0 aromatic carbocycles. The van der Waals surface area contributed by atoms with Crippen molar-refractivity contribution in [3.8, 4) is 0 Å². The third-order valence-corrected chi connectivity index (χ3v) is 20.5. The van der Waals surface area contributed by atoms with Crippen molar-refractivity contribution in [3.05, 3.63) is 0 Å². The van der Waals surface area contributed by atoms with Crippen LogP contribution in [0, 0.1) is 5.92 Å². The Morgan fingerprint density at radius 3 is 0.732 bits per heavy atom. The van der Waals surface area contributed by atoms with Crippen LogP contribution in [0.4, 0.5) is 0 Å². The zero-order valence-corrected chi connectivity index (χ0v) is 65.0. The summed E-state index contributed by atoms with van der Waals surface area (Å²) in [6.45, 7) is 7.29. The molecule has 0 saturated carbocycles. The monoisotopic (exact) mass is 1420 g/mol. The fourth-order valence-electron chi connectivity index (χ4n) is 12.0. The van der Waals surface area contributed by atoms with Gasteiger partial charge < -0.3 is 33.8 Å². The second kappa shape index (κ2) is 71.1. The lowest BCUT2D eigenvalue weighted by molar-refractivity contribution is -0.161. The standard InChI is InChI=1S/C78H152O17P2/c1-6-10-13-16-19-21-23-25-27-29-30-31-32-34-36-38-43-48-53-58-63-77(82)95-74(68-89-76(81)62-57-52-47-42-37-35-33-28-26-24-22-20-17-14-11-7-2)70-93-97(86,87)91-66-72(79)65-90-96(84,85)92-69-73(67-88-75(80)61-56-51-45-18-15-12-8-3)94-78(83)64-59-54-49-44-40-39-41-46-50-55-60-71(5)9-4/h71-74,79H,6-70H2,1-5H3,(H,84,85)(H,86,87)/t71?,72-,73+,74+/m0/s1. The van der Waals surface area contributed by atoms with Crippen LogP contribution in [0.15, 0.2) is 0 Å². The first-order valence-electron chi connectivity index (χ1n) is 40.7. The first-order chi connectivity index (χ1) is 47.1. The van der Waals surface area contributed by atoms with Gasteiger partial charge in [0.05, 0.1) is 26.4 Å². The molecule has 0 heterocycles. The lowest BCUT2D eigenvalue weighted by atomic mass is 9.99. The topological polar surface area (TPSA) is 237 Å². The Morgan fingerprint density at radius 1 is 0.289 bits per heavy atom. The molecule has 97 heavy (non-hydrogen) atoms. The number of carbonyl (C=O) groups excluding carboxylic acids is 4. The van der Waals surface area contributed by atoms with Crippen molar-refractivity contribution in [2.75, 3.05) is 39.6 Å². The molecule has 0 radical (unpaired) electrons. The van der Waals surface area contributed by atoms with Gasteiger partial charge in [0.1, 0.15) is 19.3 Å². The lowest BCUT2D eigenvalue weighted by Gasteiger charge is -2.21. The van der Waals surface area contributed by atoms with Crippen LogP contribution < -0.4 is 0 Å². The van der Waals surface area contributed by atoms with Gasteiger partial charge >= 0.3 is 39.5 Å². The molecule has 0 spiro atoms. The number of hydrogen-bond acceptors (Lipinski definition) is 15. The number of rotatable bonds is 78. The van der Waals surface area contributed by atoms with Gasteiger partial charge in [-0.1, -0.05) is 362 Å². The summed E-state index contributed by atoms with van der Waals surface area (Å²) in [5, 5.41) is 10.6. The molecule has 0 aromatic rings. The van der Waals surface area contributed by atoms with Crippen LogP contribution in [-0.2, 0) is 65.4 Å². The fraction of sp³-hybridized carbons (Fsp3) is 0.949. The van der Waals surface area contributed by atoms with E-state index in [1.54, 1.807) is 0 Å². The van der Waals surface area contributed by atoms with Gasteiger partial charge in [-0.2, -0.15) is 0 Å². The fourth-order valence-corrected chi connectivity index (χ4v) is 13.6. The van der Waals surface area contributed by atoms with E-state index in [1.165, 1.54) is 225 Å². The number of phosphoric acid groups is 2. The SMILES string of the molecule is CCCCCCCCCCCCCCCCCCCCCCC(=O)O[C@H](COC(=O)CCCCCCCCCCCCCCCCCC)COP(=O)(O)OC[C@@H](O)COP(=O)(O)OC[C@@H](COC(=O)CCCCCCCCC)OC(=O)CCCCCCCCCCCCC(C)CC. The quantitative estimate of drug-likeness (QED) is 0.0222. The van der Waals surface area contributed by atoms with E-state index in [0.29, 0.717) is 25.7 Å². The molecular formula is C78H152O17P2. The molecule has 0 aliphatic carbocycles. The molecule has 0 aliphatic rings. The number of unbranched alkanes of at least 4 members (excludes halogenated alkanes) is 49. The number of phosphoric ester groups is 2. The Bertz CT molecular complexity index is 1860. The van der Waals surface area contributed by atoms with E-state index in [1.807, 2.05) is 0 Å². The van der Waals surface area contributed by atoms with Crippen molar-refractivity contribution in [1.82, 2.24) is 0 Å². The second-order valence-corrected chi connectivity index (χ2v) is 31.3. The predicted molar refractivity (Wildman–Crippen MR) is 395 cm³/mol. The Kier molecular flexibility index (Phi) is 69.6. The Morgan fingerprint density at radius 2 is 0.495 bits per heavy atom. The minimum atomic E-state index is -4.96. The number of carbonyl (C=O) groups is 4. The average molecular weight is 1420 g/mol. The third kappa shape index (κ3) is 70.9. The summed E-state index contributed by atoms with van der Waals surface area (Å²) in [6.07, 6.45) is 61.2. The van der Waals surface area contributed by atoms with Crippen molar-refractivity contribution in [2.45, 2.75) is 432 Å². The molecule has 6 atom stereocenters. The van der Waals surface area contributed by atoms with Gasteiger partial charge in [0.2, 0.25) is 0 Å². The maximum absolute atomic E-state index is 13.1. The van der Waals surface area contributed by atoms with Gasteiger partial charge in [0.15, 0.2) is 12.2 Å². The van der Waals surface area contributed by atoms with Crippen molar-refractivity contribution >= 4 is 39.5 Å². The molecule has 0 aliphatic heterocycles. The van der Waals surface area contributed by atoms with E-state index in [2.05, 4.69) is 34.6 Å². The highest BCUT2D eigenvalue weighted by molar-refractivity contribution is 7.47. The number of aliphatic hydroxyl groups excluding tert-OH is 1. The molecule has 0 saturated heterocycles. The van der Waals surface area contributed by atoms with Crippen molar-refractivity contribution < 1.29 is 80.2 Å². The van der Waals surface area contributed by atoms with Gasteiger partial charge in [-0.3, -0.25) is 37.3 Å². The largest absolute Gasteiger partial charge is 0.472 e. The summed E-state index contributed by atoms with van der Waals surface area (Å²) in [4.78, 5) is 72.8. The maximum atomic E-state index is 13.1. The summed E-state index contributed by atoms with van der Waals surface area (Å²) >= 11 is 0. The molecule has 0 fully saturated rings. The molecule has 0 bridgehead atoms. The summed E-state index contributed by atoms with van der Waals surface area (Å²) < 4.78 is 68.5. The summed E-state index contributed by atoms with van der Waals surface area (Å²) in [6, 6.07) is 0. The molecule has 0 aromatic heterocycles. The van der Waals surface area contributed by atoms with Crippen LogP contribution >= 0.6 is 15.6 Å². The average Bonchev–Trinajstić information content (AvgIpc) is 2.15. The first kappa shape index (κ1) is 95.1. The predicted octanol–water partition coefficient (Wildman–Crippen LogP) is 23.3. The van der Waals surface area contributed by atoms with E-state index < -0.39 is 97.5 Å².